The Bertz CT molecular complexity index is 615. The average Bonchev–Trinajstić information content (AvgIpc) is 2.35. The van der Waals surface area contributed by atoms with Crippen LogP contribution in [0.5, 0.6) is 5.75 Å². The Kier molecular flexibility index (Phi) is 4.09. The van der Waals surface area contributed by atoms with Crippen LogP contribution in [0.2, 0.25) is 0 Å². The summed E-state index contributed by atoms with van der Waals surface area (Å²) in [6.45, 7) is 5.69. The lowest BCUT2D eigenvalue weighted by Crippen LogP contribution is -2.06. The van der Waals surface area contributed by atoms with Crippen LogP contribution >= 0.6 is 0 Å². The van der Waals surface area contributed by atoms with Gasteiger partial charge >= 0.3 is 0 Å². The Balaban J connectivity index is 2.55. The summed E-state index contributed by atoms with van der Waals surface area (Å²) in [6, 6.07) is 8.43. The van der Waals surface area contributed by atoms with E-state index in [1.165, 1.54) is 12.1 Å². The predicted molar refractivity (Wildman–Crippen MR) is 77.7 cm³/mol. The number of aryl methyl sites for hydroxylation is 3. The topological polar surface area (TPSA) is 29.5 Å². The zero-order chi connectivity index (χ0) is 14.9. The third-order valence-electron chi connectivity index (χ3n) is 3.37. The minimum absolute atomic E-state index is 0.345. The minimum Gasteiger partial charge on any atom is -0.496 e. The fourth-order valence-electron chi connectivity index (χ4n) is 2.55. The molecule has 2 rings (SSSR count). The number of ether oxygens (including phenoxy) is 1. The fraction of sp³-hybridized carbons (Fsp3) is 0.294. The molecule has 0 bridgehead atoms. The number of aliphatic hydroxyl groups is 1. The normalized spacial score (nSPS) is 12.3. The molecule has 0 spiro atoms. The molecular formula is C17H19FO2. The van der Waals surface area contributed by atoms with Gasteiger partial charge in [-0.25, -0.2) is 4.39 Å². The number of aliphatic hydroxyl groups excluding tert-OH is 1. The lowest BCUT2D eigenvalue weighted by Gasteiger charge is -2.19. The van der Waals surface area contributed by atoms with Crippen LogP contribution in [0.25, 0.3) is 0 Å². The van der Waals surface area contributed by atoms with Crippen LogP contribution in [0.1, 0.15) is 33.9 Å². The summed E-state index contributed by atoms with van der Waals surface area (Å²) in [7, 11) is 1.57. The van der Waals surface area contributed by atoms with Crippen LogP contribution in [-0.4, -0.2) is 12.2 Å². The second-order valence-electron chi connectivity index (χ2n) is 5.16. The van der Waals surface area contributed by atoms with Crippen LogP contribution in [0.15, 0.2) is 30.3 Å². The van der Waals surface area contributed by atoms with E-state index in [0.717, 1.165) is 16.7 Å². The molecule has 0 fully saturated rings. The van der Waals surface area contributed by atoms with Crippen molar-refractivity contribution >= 4 is 0 Å². The molecule has 0 radical (unpaired) electrons. The minimum atomic E-state index is -0.903. The van der Waals surface area contributed by atoms with E-state index in [1.54, 1.807) is 20.1 Å². The quantitative estimate of drug-likeness (QED) is 0.921. The van der Waals surface area contributed by atoms with E-state index in [1.807, 2.05) is 26.0 Å². The van der Waals surface area contributed by atoms with Crippen molar-refractivity contribution in [3.05, 3.63) is 64.0 Å². The molecular weight excluding hydrogens is 255 g/mol. The number of methoxy groups -OCH3 is 1. The van der Waals surface area contributed by atoms with Gasteiger partial charge in [-0.15, -0.1) is 0 Å². The van der Waals surface area contributed by atoms with Gasteiger partial charge in [0.15, 0.2) is 0 Å². The van der Waals surface area contributed by atoms with Crippen molar-refractivity contribution in [1.82, 2.24) is 0 Å². The summed E-state index contributed by atoms with van der Waals surface area (Å²) in [6.07, 6.45) is -0.903. The number of benzene rings is 2. The van der Waals surface area contributed by atoms with Crippen LogP contribution in [-0.2, 0) is 0 Å². The van der Waals surface area contributed by atoms with Gasteiger partial charge in [-0.1, -0.05) is 12.1 Å². The summed E-state index contributed by atoms with van der Waals surface area (Å²) in [5.41, 5.74) is 3.99. The van der Waals surface area contributed by atoms with E-state index in [4.69, 9.17) is 4.74 Å². The molecule has 2 aromatic carbocycles. The van der Waals surface area contributed by atoms with Gasteiger partial charge in [0.25, 0.3) is 0 Å². The molecule has 20 heavy (non-hydrogen) atoms. The third kappa shape index (κ3) is 2.83. The molecule has 0 aliphatic carbocycles. The van der Waals surface area contributed by atoms with E-state index in [0.29, 0.717) is 16.9 Å². The molecule has 1 N–H and O–H groups in total. The first-order valence-electron chi connectivity index (χ1n) is 6.52. The van der Waals surface area contributed by atoms with Crippen molar-refractivity contribution in [1.29, 1.82) is 0 Å². The second kappa shape index (κ2) is 5.63. The second-order valence-corrected chi connectivity index (χ2v) is 5.16. The lowest BCUT2D eigenvalue weighted by atomic mass is 9.94. The zero-order valence-corrected chi connectivity index (χ0v) is 12.2. The number of hydrogen-bond donors (Lipinski definition) is 1. The van der Waals surface area contributed by atoms with Crippen molar-refractivity contribution in [2.45, 2.75) is 26.9 Å². The first kappa shape index (κ1) is 14.5. The smallest absolute Gasteiger partial charge is 0.125 e. The highest BCUT2D eigenvalue weighted by Gasteiger charge is 2.19. The summed E-state index contributed by atoms with van der Waals surface area (Å²) in [5, 5.41) is 10.6. The van der Waals surface area contributed by atoms with Gasteiger partial charge in [-0.3, -0.25) is 0 Å². The molecule has 0 saturated heterocycles. The van der Waals surface area contributed by atoms with Gasteiger partial charge in [-0.2, -0.15) is 0 Å². The number of halogens is 1. The van der Waals surface area contributed by atoms with Crippen LogP contribution in [0.4, 0.5) is 4.39 Å². The van der Waals surface area contributed by atoms with Crippen molar-refractivity contribution in [3.8, 4) is 5.75 Å². The Hall–Kier alpha value is -1.87. The van der Waals surface area contributed by atoms with E-state index in [9.17, 15) is 9.50 Å². The Morgan fingerprint density at radius 3 is 2.25 bits per heavy atom. The van der Waals surface area contributed by atoms with Gasteiger partial charge in [-0.05, 0) is 61.2 Å². The zero-order valence-electron chi connectivity index (χ0n) is 12.2. The summed E-state index contributed by atoms with van der Waals surface area (Å²) < 4.78 is 18.9. The molecule has 1 unspecified atom stereocenters. The number of rotatable bonds is 3. The maximum atomic E-state index is 13.5. The van der Waals surface area contributed by atoms with E-state index in [-0.39, 0.29) is 5.82 Å². The molecule has 0 saturated carbocycles. The molecule has 1 atom stereocenters. The molecule has 0 aliphatic heterocycles. The highest BCUT2D eigenvalue weighted by Crippen LogP contribution is 2.34. The largest absolute Gasteiger partial charge is 0.496 e. The van der Waals surface area contributed by atoms with Gasteiger partial charge in [0.05, 0.1) is 7.11 Å². The SMILES string of the molecule is COc1cc(C)cc(C)c1C(O)c1cc(C)cc(F)c1. The van der Waals surface area contributed by atoms with Crippen molar-refractivity contribution in [2.75, 3.05) is 7.11 Å². The van der Waals surface area contributed by atoms with Gasteiger partial charge in [0, 0.05) is 5.56 Å². The van der Waals surface area contributed by atoms with Gasteiger partial charge in [0.2, 0.25) is 0 Å². The Labute approximate surface area is 118 Å². The molecule has 3 heteroatoms. The molecule has 0 amide bonds. The standard InChI is InChI=1S/C17H19FO2/c1-10-5-12(3)16(15(8-10)20-4)17(19)13-6-11(2)7-14(18)9-13/h5-9,17,19H,1-4H3. The van der Waals surface area contributed by atoms with E-state index in [2.05, 4.69) is 0 Å². The number of hydrogen-bond acceptors (Lipinski definition) is 2. The molecule has 0 aromatic heterocycles. The predicted octanol–water partition coefficient (Wildman–Crippen LogP) is 3.84. The fourth-order valence-corrected chi connectivity index (χ4v) is 2.55. The van der Waals surface area contributed by atoms with Crippen molar-refractivity contribution in [3.63, 3.8) is 0 Å². The van der Waals surface area contributed by atoms with Gasteiger partial charge < -0.3 is 9.84 Å². The maximum Gasteiger partial charge on any atom is 0.125 e. The van der Waals surface area contributed by atoms with Crippen LogP contribution < -0.4 is 4.74 Å². The molecule has 106 valence electrons. The van der Waals surface area contributed by atoms with E-state index >= 15 is 0 Å². The highest BCUT2D eigenvalue weighted by molar-refractivity contribution is 5.48. The van der Waals surface area contributed by atoms with Crippen molar-refractivity contribution in [2.24, 2.45) is 0 Å². The summed E-state index contributed by atoms with van der Waals surface area (Å²) in [4.78, 5) is 0. The lowest BCUT2D eigenvalue weighted by molar-refractivity contribution is 0.213. The van der Waals surface area contributed by atoms with Crippen molar-refractivity contribution < 1.29 is 14.2 Å². The van der Waals surface area contributed by atoms with Crippen LogP contribution in [0.3, 0.4) is 0 Å². The first-order valence-corrected chi connectivity index (χ1v) is 6.52. The Morgan fingerprint density at radius 1 is 1.00 bits per heavy atom. The summed E-state index contributed by atoms with van der Waals surface area (Å²) in [5.74, 6) is 0.277. The Morgan fingerprint density at radius 2 is 1.65 bits per heavy atom. The molecule has 2 nitrogen and oxygen atoms in total. The van der Waals surface area contributed by atoms with Gasteiger partial charge in [0.1, 0.15) is 17.7 Å². The average molecular weight is 274 g/mol. The highest BCUT2D eigenvalue weighted by atomic mass is 19.1. The molecule has 2 aromatic rings. The monoisotopic (exact) mass is 274 g/mol. The van der Waals surface area contributed by atoms with Crippen LogP contribution in [0, 0.1) is 26.6 Å². The molecule has 0 heterocycles. The first-order chi connectivity index (χ1) is 9.42. The molecule has 0 aliphatic rings. The van der Waals surface area contributed by atoms with E-state index < -0.39 is 6.10 Å². The maximum absolute atomic E-state index is 13.5. The summed E-state index contributed by atoms with van der Waals surface area (Å²) >= 11 is 0. The third-order valence-corrected chi connectivity index (χ3v) is 3.37.